The zero-order valence-electron chi connectivity index (χ0n) is 7.94. The van der Waals surface area contributed by atoms with Crippen LogP contribution in [0.2, 0.25) is 10.2 Å². The van der Waals surface area contributed by atoms with Gasteiger partial charge in [-0.2, -0.15) is 5.26 Å². The average Bonchev–Trinajstić information content (AvgIpc) is 2.29. The van der Waals surface area contributed by atoms with E-state index in [4.69, 9.17) is 28.5 Å². The molecule has 0 atom stereocenters. The molecule has 0 amide bonds. The van der Waals surface area contributed by atoms with Gasteiger partial charge in [-0.3, -0.25) is 4.79 Å². The predicted octanol–water partition coefficient (Wildman–Crippen LogP) is 3.61. The van der Waals surface area contributed by atoms with E-state index in [9.17, 15) is 9.18 Å². The number of H-pyrrole nitrogens is 1. The molecule has 1 aromatic carbocycles. The third-order valence-corrected chi connectivity index (χ3v) is 3.79. The molecule has 0 aliphatic carbocycles. The van der Waals surface area contributed by atoms with Crippen molar-refractivity contribution in [3.05, 3.63) is 42.3 Å². The molecule has 0 fully saturated rings. The van der Waals surface area contributed by atoms with Crippen LogP contribution in [-0.4, -0.2) is 4.98 Å². The summed E-state index contributed by atoms with van der Waals surface area (Å²) in [5.74, 6) is -0.726. The monoisotopic (exact) mass is 334 g/mol. The van der Waals surface area contributed by atoms with Crippen LogP contribution in [0, 0.1) is 17.1 Å². The van der Waals surface area contributed by atoms with Gasteiger partial charge in [0.15, 0.2) is 5.82 Å². The summed E-state index contributed by atoms with van der Waals surface area (Å²) in [5.41, 5.74) is -1.01. The van der Waals surface area contributed by atoms with Crippen molar-refractivity contribution in [2.24, 2.45) is 0 Å². The van der Waals surface area contributed by atoms with Crippen LogP contribution in [0.15, 0.2) is 15.3 Å². The van der Waals surface area contributed by atoms with Crippen LogP contribution in [0.5, 0.6) is 0 Å². The largest absolute Gasteiger partial charge is 0.342 e. The lowest BCUT2D eigenvalue weighted by Gasteiger charge is -2.05. The Morgan fingerprint density at radius 1 is 1.47 bits per heavy atom. The van der Waals surface area contributed by atoms with Gasteiger partial charge in [-0.25, -0.2) is 4.39 Å². The third kappa shape index (κ3) is 1.82. The molecule has 3 nitrogen and oxygen atoms in total. The number of aromatic amines is 1. The fraction of sp³-hybridized carbons (Fsp3) is 0. The second-order valence-electron chi connectivity index (χ2n) is 3.16. The van der Waals surface area contributed by atoms with Crippen molar-refractivity contribution >= 4 is 50.0 Å². The number of nitriles is 1. The number of nitrogens with zero attached hydrogens (tertiary/aromatic N) is 1. The fourth-order valence-electron chi connectivity index (χ4n) is 1.40. The summed E-state index contributed by atoms with van der Waals surface area (Å²) < 4.78 is 13.8. The van der Waals surface area contributed by atoms with Crippen LogP contribution in [0.4, 0.5) is 4.39 Å². The highest BCUT2D eigenvalue weighted by Crippen LogP contribution is 2.31. The van der Waals surface area contributed by atoms with Gasteiger partial charge in [-0.15, -0.1) is 0 Å². The zero-order valence-corrected chi connectivity index (χ0v) is 11.0. The van der Waals surface area contributed by atoms with E-state index in [1.165, 1.54) is 6.07 Å². The van der Waals surface area contributed by atoms with Gasteiger partial charge in [0.2, 0.25) is 5.43 Å². The minimum absolute atomic E-state index is 0.0170. The molecule has 7 heteroatoms. The molecule has 0 unspecified atom stereocenters. The summed E-state index contributed by atoms with van der Waals surface area (Å²) in [5, 5.41) is 8.60. The molecular weight excluding hydrogens is 334 g/mol. The Kier molecular flexibility index (Phi) is 3.13. The second kappa shape index (κ2) is 4.30. The Labute approximate surface area is 113 Å². The molecular formula is C10H2BrCl2FN2O. The van der Waals surface area contributed by atoms with Crippen LogP contribution in [0.3, 0.4) is 0 Å². The topological polar surface area (TPSA) is 56.6 Å². The maximum atomic E-state index is 13.8. The normalized spacial score (nSPS) is 10.5. The first-order valence-corrected chi connectivity index (χ1v) is 5.81. The van der Waals surface area contributed by atoms with Gasteiger partial charge in [-0.1, -0.05) is 23.2 Å². The number of halogens is 4. The van der Waals surface area contributed by atoms with E-state index in [2.05, 4.69) is 20.9 Å². The molecule has 1 N–H and O–H groups in total. The van der Waals surface area contributed by atoms with Crippen molar-refractivity contribution < 1.29 is 4.39 Å². The molecule has 0 radical (unpaired) electrons. The molecule has 0 saturated carbocycles. The van der Waals surface area contributed by atoms with Crippen molar-refractivity contribution in [1.29, 1.82) is 5.26 Å². The molecule has 1 heterocycles. The van der Waals surface area contributed by atoms with Crippen molar-refractivity contribution in [2.45, 2.75) is 0 Å². The minimum Gasteiger partial charge on any atom is -0.342 e. The average molecular weight is 336 g/mol. The van der Waals surface area contributed by atoms with Crippen LogP contribution in [0.1, 0.15) is 5.56 Å². The lowest BCUT2D eigenvalue weighted by molar-refractivity contribution is 0.630. The number of hydrogen-bond acceptors (Lipinski definition) is 2. The molecule has 0 aliphatic rings. The molecule has 0 saturated heterocycles. The number of benzene rings is 1. The van der Waals surface area contributed by atoms with Gasteiger partial charge in [0.25, 0.3) is 0 Å². The summed E-state index contributed by atoms with van der Waals surface area (Å²) in [7, 11) is 0. The number of pyridine rings is 1. The number of rotatable bonds is 0. The number of fused-ring (bicyclic) bond motifs is 1. The SMILES string of the molecule is N#Cc1c(Cl)[nH]c2c(F)c(Br)c(Cl)cc2c1=O. The van der Waals surface area contributed by atoms with E-state index in [-0.39, 0.29) is 31.1 Å². The van der Waals surface area contributed by atoms with E-state index >= 15 is 0 Å². The predicted molar refractivity (Wildman–Crippen MR) is 67.0 cm³/mol. The standard InChI is InChI=1S/C10H2BrCl2FN2O/c11-6-5(12)1-3-8(7(6)14)16-10(13)4(2-15)9(3)17/h1H,(H,16,17). The number of nitrogens with one attached hydrogen (secondary N) is 1. The summed E-state index contributed by atoms with van der Waals surface area (Å²) in [4.78, 5) is 14.3. The van der Waals surface area contributed by atoms with Crippen LogP contribution in [0.25, 0.3) is 10.9 Å². The Hall–Kier alpha value is -1.09. The maximum Gasteiger partial charge on any atom is 0.208 e. The molecule has 86 valence electrons. The number of aromatic nitrogens is 1. The van der Waals surface area contributed by atoms with Crippen LogP contribution in [-0.2, 0) is 0 Å². The molecule has 2 rings (SSSR count). The summed E-state index contributed by atoms with van der Waals surface area (Å²) in [6.07, 6.45) is 0. The van der Waals surface area contributed by atoms with E-state index in [0.717, 1.165) is 0 Å². The van der Waals surface area contributed by atoms with Crippen molar-refractivity contribution in [3.8, 4) is 6.07 Å². The molecule has 17 heavy (non-hydrogen) atoms. The van der Waals surface area contributed by atoms with Crippen molar-refractivity contribution in [1.82, 2.24) is 4.98 Å². The first kappa shape index (κ1) is 12.4. The lowest BCUT2D eigenvalue weighted by Crippen LogP contribution is -2.10. The Morgan fingerprint density at radius 2 is 2.12 bits per heavy atom. The Balaban J connectivity index is 3.10. The quantitative estimate of drug-likeness (QED) is 0.590. The molecule has 0 aliphatic heterocycles. The maximum absolute atomic E-state index is 13.8. The Bertz CT molecular complexity index is 736. The highest BCUT2D eigenvalue weighted by molar-refractivity contribution is 9.10. The van der Waals surface area contributed by atoms with Gasteiger partial charge in [0.05, 0.1) is 20.4 Å². The van der Waals surface area contributed by atoms with E-state index in [1.807, 2.05) is 0 Å². The lowest BCUT2D eigenvalue weighted by atomic mass is 10.1. The van der Waals surface area contributed by atoms with E-state index in [0.29, 0.717) is 0 Å². The third-order valence-electron chi connectivity index (χ3n) is 2.20. The van der Waals surface area contributed by atoms with Gasteiger partial charge in [-0.05, 0) is 22.0 Å². The van der Waals surface area contributed by atoms with Gasteiger partial charge < -0.3 is 4.98 Å². The van der Waals surface area contributed by atoms with Crippen molar-refractivity contribution in [3.63, 3.8) is 0 Å². The van der Waals surface area contributed by atoms with Crippen LogP contribution >= 0.6 is 39.1 Å². The minimum atomic E-state index is -0.726. The second-order valence-corrected chi connectivity index (χ2v) is 4.74. The van der Waals surface area contributed by atoms with E-state index in [1.54, 1.807) is 6.07 Å². The summed E-state index contributed by atoms with van der Waals surface area (Å²) in [6.45, 7) is 0. The summed E-state index contributed by atoms with van der Waals surface area (Å²) in [6, 6.07) is 2.93. The Morgan fingerprint density at radius 3 is 2.71 bits per heavy atom. The number of hydrogen-bond donors (Lipinski definition) is 1. The highest BCUT2D eigenvalue weighted by atomic mass is 79.9. The first-order chi connectivity index (χ1) is 7.97. The zero-order chi connectivity index (χ0) is 12.7. The van der Waals surface area contributed by atoms with Gasteiger partial charge in [0.1, 0.15) is 16.8 Å². The smallest absolute Gasteiger partial charge is 0.208 e. The van der Waals surface area contributed by atoms with Crippen LogP contribution < -0.4 is 5.43 Å². The van der Waals surface area contributed by atoms with E-state index < -0.39 is 11.2 Å². The van der Waals surface area contributed by atoms with Gasteiger partial charge in [0, 0.05) is 0 Å². The van der Waals surface area contributed by atoms with Gasteiger partial charge >= 0.3 is 0 Å². The summed E-state index contributed by atoms with van der Waals surface area (Å²) >= 11 is 14.4. The first-order valence-electron chi connectivity index (χ1n) is 4.26. The molecule has 2 aromatic rings. The van der Waals surface area contributed by atoms with Crippen molar-refractivity contribution in [2.75, 3.05) is 0 Å². The molecule has 0 spiro atoms. The highest BCUT2D eigenvalue weighted by Gasteiger charge is 2.17. The fourth-order valence-corrected chi connectivity index (χ4v) is 2.13. The molecule has 0 bridgehead atoms. The molecule has 1 aromatic heterocycles.